The number of pyridine rings is 1. The molecule has 1 fully saturated rings. The van der Waals surface area contributed by atoms with E-state index >= 15 is 0 Å². The molecule has 1 amide bonds. The lowest BCUT2D eigenvalue weighted by Crippen LogP contribution is -2.49. The van der Waals surface area contributed by atoms with Crippen molar-refractivity contribution in [2.45, 2.75) is 13.3 Å². The van der Waals surface area contributed by atoms with Gasteiger partial charge in [-0.1, -0.05) is 6.92 Å². The number of nitrogens with zero attached hydrogens (tertiary/aromatic N) is 3. The monoisotopic (exact) mass is 284 g/mol. The highest BCUT2D eigenvalue weighted by molar-refractivity contribution is 5.82. The zero-order valence-corrected chi connectivity index (χ0v) is 11.6. The van der Waals surface area contributed by atoms with Crippen molar-refractivity contribution in [3.05, 3.63) is 17.7 Å². The van der Waals surface area contributed by atoms with Crippen molar-refractivity contribution in [3.8, 4) is 0 Å². The molecule has 0 aliphatic carbocycles. The molecular formula is C13H18F2N4O. The van der Waals surface area contributed by atoms with E-state index in [4.69, 9.17) is 0 Å². The molecule has 0 spiro atoms. The molecule has 2 heterocycles. The van der Waals surface area contributed by atoms with Crippen LogP contribution >= 0.6 is 0 Å². The van der Waals surface area contributed by atoms with Crippen LogP contribution in [0.3, 0.4) is 0 Å². The van der Waals surface area contributed by atoms with Crippen molar-refractivity contribution in [1.82, 2.24) is 9.88 Å². The molecule has 1 aliphatic rings. The summed E-state index contributed by atoms with van der Waals surface area (Å²) in [5.41, 5.74) is 0. The Hall–Kier alpha value is -1.92. The van der Waals surface area contributed by atoms with Gasteiger partial charge in [-0.15, -0.1) is 0 Å². The molecule has 0 aromatic carbocycles. The van der Waals surface area contributed by atoms with Gasteiger partial charge in [-0.25, -0.2) is 13.8 Å². The van der Waals surface area contributed by atoms with E-state index < -0.39 is 11.6 Å². The van der Waals surface area contributed by atoms with E-state index in [-0.39, 0.29) is 24.1 Å². The van der Waals surface area contributed by atoms with Crippen LogP contribution in [-0.2, 0) is 4.79 Å². The highest BCUT2D eigenvalue weighted by Gasteiger charge is 2.25. The van der Waals surface area contributed by atoms with Crippen LogP contribution in [0, 0.1) is 11.6 Å². The van der Waals surface area contributed by atoms with Crippen LogP contribution in [-0.4, -0.2) is 49.0 Å². The van der Waals surface area contributed by atoms with Crippen LogP contribution in [0.25, 0.3) is 0 Å². The van der Waals surface area contributed by atoms with Crippen LogP contribution in [0.1, 0.15) is 13.3 Å². The van der Waals surface area contributed by atoms with Gasteiger partial charge in [0.15, 0.2) is 23.3 Å². The average Bonchev–Trinajstić information content (AvgIpc) is 2.41. The largest absolute Gasteiger partial charge is 0.368 e. The third kappa shape index (κ3) is 2.97. The topological polar surface area (TPSA) is 48.5 Å². The third-order valence-electron chi connectivity index (χ3n) is 3.21. The fourth-order valence-electron chi connectivity index (χ4n) is 1.99. The zero-order valence-electron chi connectivity index (χ0n) is 11.6. The van der Waals surface area contributed by atoms with Gasteiger partial charge in [0.2, 0.25) is 5.91 Å². The summed E-state index contributed by atoms with van der Waals surface area (Å²) in [6.07, 6.45) is 0.806. The number of carbonyl (C=O) groups excluding carboxylic acids is 1. The Labute approximate surface area is 116 Å². The second kappa shape index (κ2) is 6.02. The first-order valence-corrected chi connectivity index (χ1v) is 6.61. The SMILES string of the molecule is CCCNc1nc(N2CCN(C)C(=O)C2)c(F)cc1F. The summed E-state index contributed by atoms with van der Waals surface area (Å²) >= 11 is 0. The minimum atomic E-state index is -0.748. The average molecular weight is 284 g/mol. The molecule has 1 aromatic heterocycles. The Morgan fingerprint density at radius 2 is 2.10 bits per heavy atom. The predicted octanol–water partition coefficient (Wildman–Crippen LogP) is 1.46. The molecule has 0 bridgehead atoms. The molecule has 2 rings (SSSR count). The van der Waals surface area contributed by atoms with E-state index in [1.807, 2.05) is 6.92 Å². The fourth-order valence-corrected chi connectivity index (χ4v) is 1.99. The lowest BCUT2D eigenvalue weighted by molar-refractivity contribution is -0.129. The van der Waals surface area contributed by atoms with Gasteiger partial charge in [-0.3, -0.25) is 4.79 Å². The first-order valence-electron chi connectivity index (χ1n) is 6.61. The van der Waals surface area contributed by atoms with Crippen molar-refractivity contribution < 1.29 is 13.6 Å². The number of rotatable bonds is 4. The predicted molar refractivity (Wildman–Crippen MR) is 72.8 cm³/mol. The number of nitrogens with one attached hydrogen (secondary N) is 1. The number of aromatic nitrogens is 1. The van der Waals surface area contributed by atoms with Crippen molar-refractivity contribution >= 4 is 17.5 Å². The number of halogens is 2. The number of carbonyl (C=O) groups is 1. The maximum atomic E-state index is 13.9. The highest BCUT2D eigenvalue weighted by atomic mass is 19.1. The van der Waals surface area contributed by atoms with Crippen molar-refractivity contribution in [1.29, 1.82) is 0 Å². The van der Waals surface area contributed by atoms with Crippen molar-refractivity contribution in [2.24, 2.45) is 0 Å². The Morgan fingerprint density at radius 3 is 2.75 bits per heavy atom. The number of piperazine rings is 1. The van der Waals surface area contributed by atoms with Gasteiger partial charge < -0.3 is 15.1 Å². The second-order valence-electron chi connectivity index (χ2n) is 4.79. The number of hydrogen-bond acceptors (Lipinski definition) is 4. The van der Waals surface area contributed by atoms with E-state index in [1.165, 1.54) is 4.90 Å². The van der Waals surface area contributed by atoms with Gasteiger partial charge in [0.25, 0.3) is 0 Å². The summed E-state index contributed by atoms with van der Waals surface area (Å²) in [6, 6.07) is 0.809. The van der Waals surface area contributed by atoms with Gasteiger partial charge in [0.1, 0.15) is 0 Å². The maximum Gasteiger partial charge on any atom is 0.241 e. The molecule has 1 aliphatic heterocycles. The van der Waals surface area contributed by atoms with Crippen LogP contribution in [0.4, 0.5) is 20.4 Å². The summed E-state index contributed by atoms with van der Waals surface area (Å²) in [4.78, 5) is 18.8. The molecule has 110 valence electrons. The molecule has 0 radical (unpaired) electrons. The van der Waals surface area contributed by atoms with Gasteiger partial charge in [-0.05, 0) is 6.42 Å². The normalized spacial score (nSPS) is 15.7. The molecular weight excluding hydrogens is 266 g/mol. The van der Waals surface area contributed by atoms with Gasteiger partial charge in [0.05, 0.1) is 6.54 Å². The van der Waals surface area contributed by atoms with Crippen LogP contribution < -0.4 is 10.2 Å². The molecule has 0 saturated carbocycles. The van der Waals surface area contributed by atoms with Crippen molar-refractivity contribution in [2.75, 3.05) is 43.4 Å². The molecule has 20 heavy (non-hydrogen) atoms. The van der Waals surface area contributed by atoms with E-state index in [9.17, 15) is 13.6 Å². The summed E-state index contributed by atoms with van der Waals surface area (Å²) in [5, 5.41) is 2.81. The quantitative estimate of drug-likeness (QED) is 0.909. The Balaban J connectivity index is 2.24. The number of anilines is 2. The van der Waals surface area contributed by atoms with Crippen LogP contribution in [0.2, 0.25) is 0 Å². The lowest BCUT2D eigenvalue weighted by atomic mass is 10.3. The molecule has 1 N–H and O–H groups in total. The van der Waals surface area contributed by atoms with Gasteiger partial charge >= 0.3 is 0 Å². The summed E-state index contributed by atoms with van der Waals surface area (Å²) in [7, 11) is 1.70. The maximum absolute atomic E-state index is 13.9. The molecule has 1 saturated heterocycles. The molecule has 1 aromatic rings. The van der Waals surface area contributed by atoms with Gasteiger partial charge in [0, 0.05) is 32.7 Å². The van der Waals surface area contributed by atoms with Crippen LogP contribution in [0.15, 0.2) is 6.07 Å². The molecule has 7 heteroatoms. The van der Waals surface area contributed by atoms with E-state index in [1.54, 1.807) is 11.9 Å². The third-order valence-corrected chi connectivity index (χ3v) is 3.21. The lowest BCUT2D eigenvalue weighted by Gasteiger charge is -2.33. The summed E-state index contributed by atoms with van der Waals surface area (Å²) in [6.45, 7) is 3.52. The number of hydrogen-bond donors (Lipinski definition) is 1. The number of amides is 1. The van der Waals surface area contributed by atoms with Crippen molar-refractivity contribution in [3.63, 3.8) is 0 Å². The Kier molecular flexibility index (Phi) is 4.36. The molecule has 0 unspecified atom stereocenters. The van der Waals surface area contributed by atoms with Gasteiger partial charge in [-0.2, -0.15) is 0 Å². The first kappa shape index (κ1) is 14.5. The first-order chi connectivity index (χ1) is 9.52. The Morgan fingerprint density at radius 1 is 1.35 bits per heavy atom. The minimum absolute atomic E-state index is 0.0199. The van der Waals surface area contributed by atoms with E-state index in [0.29, 0.717) is 19.6 Å². The van der Waals surface area contributed by atoms with Crippen LogP contribution in [0.5, 0.6) is 0 Å². The van der Waals surface area contributed by atoms with E-state index in [2.05, 4.69) is 10.3 Å². The molecule has 0 atom stereocenters. The standard InChI is InChI=1S/C13H18F2N4O/c1-3-4-16-12-9(14)7-10(15)13(17-12)19-6-5-18(2)11(20)8-19/h7H,3-6,8H2,1-2H3,(H,16,17). The highest BCUT2D eigenvalue weighted by Crippen LogP contribution is 2.23. The second-order valence-corrected chi connectivity index (χ2v) is 4.79. The summed E-state index contributed by atoms with van der Waals surface area (Å²) < 4.78 is 27.5. The summed E-state index contributed by atoms with van der Waals surface area (Å²) in [5.74, 6) is -1.53. The smallest absolute Gasteiger partial charge is 0.241 e. The number of likely N-dealkylation sites (N-methyl/N-ethyl adjacent to an activating group) is 1. The zero-order chi connectivity index (χ0) is 14.7. The van der Waals surface area contributed by atoms with E-state index in [0.717, 1.165) is 12.5 Å². The molecule has 5 nitrogen and oxygen atoms in total. The fraction of sp³-hybridized carbons (Fsp3) is 0.538. The minimum Gasteiger partial charge on any atom is -0.368 e. The Bertz CT molecular complexity index is 509.